The van der Waals surface area contributed by atoms with E-state index in [4.69, 9.17) is 4.74 Å². The van der Waals surface area contributed by atoms with Gasteiger partial charge in [0, 0.05) is 13.3 Å². The third kappa shape index (κ3) is 7.78. The Bertz CT molecular complexity index is 793. The third-order valence-corrected chi connectivity index (χ3v) is 4.58. The number of nitrogens with one attached hydrogen (secondary N) is 2. The Balaban J connectivity index is 2.00. The van der Waals surface area contributed by atoms with E-state index in [9.17, 15) is 14.4 Å². The van der Waals surface area contributed by atoms with Crippen molar-refractivity contribution in [2.75, 3.05) is 7.11 Å². The summed E-state index contributed by atoms with van der Waals surface area (Å²) in [7, 11) is 1.30. The zero-order valence-electron chi connectivity index (χ0n) is 16.9. The van der Waals surface area contributed by atoms with Crippen molar-refractivity contribution >= 4 is 17.8 Å². The number of hydrogen-bond donors (Lipinski definition) is 2. The van der Waals surface area contributed by atoms with Crippen LogP contribution in [0.15, 0.2) is 60.7 Å². The Morgan fingerprint density at radius 2 is 1.45 bits per heavy atom. The van der Waals surface area contributed by atoms with E-state index in [1.165, 1.54) is 19.6 Å². The molecule has 6 heteroatoms. The van der Waals surface area contributed by atoms with E-state index in [1.807, 2.05) is 60.7 Å². The molecular formula is C23H28N2O4. The number of amides is 2. The van der Waals surface area contributed by atoms with Crippen LogP contribution in [0.3, 0.4) is 0 Å². The molecule has 0 saturated heterocycles. The number of carbonyl (C=O) groups is 3. The van der Waals surface area contributed by atoms with E-state index in [-0.39, 0.29) is 5.91 Å². The highest BCUT2D eigenvalue weighted by Crippen LogP contribution is 2.09. The van der Waals surface area contributed by atoms with Crippen LogP contribution in [0.5, 0.6) is 0 Å². The van der Waals surface area contributed by atoms with Gasteiger partial charge in [0.15, 0.2) is 0 Å². The third-order valence-electron chi connectivity index (χ3n) is 4.58. The molecular weight excluding hydrogens is 368 g/mol. The fourth-order valence-electron chi connectivity index (χ4n) is 3.12. The van der Waals surface area contributed by atoms with Gasteiger partial charge in [-0.05, 0) is 30.4 Å². The molecule has 0 aromatic heterocycles. The Hall–Kier alpha value is -3.15. The summed E-state index contributed by atoms with van der Waals surface area (Å²) < 4.78 is 4.85. The zero-order chi connectivity index (χ0) is 21.1. The van der Waals surface area contributed by atoms with Gasteiger partial charge >= 0.3 is 5.97 Å². The average molecular weight is 396 g/mol. The molecule has 0 aliphatic rings. The van der Waals surface area contributed by atoms with Crippen molar-refractivity contribution in [3.8, 4) is 0 Å². The maximum atomic E-state index is 12.8. The molecule has 2 atom stereocenters. The van der Waals surface area contributed by atoms with Gasteiger partial charge in [0.1, 0.15) is 12.1 Å². The number of hydrogen-bond acceptors (Lipinski definition) is 4. The molecule has 6 nitrogen and oxygen atoms in total. The first kappa shape index (κ1) is 22.1. The van der Waals surface area contributed by atoms with E-state index in [2.05, 4.69) is 10.6 Å². The molecule has 0 unspecified atom stereocenters. The Kier molecular flexibility index (Phi) is 8.89. The SMILES string of the molecule is COC(=O)[C@H](CCCc1ccccc1)NC(=O)[C@@H](Cc1ccccc1)NC(C)=O. The number of methoxy groups -OCH3 is 1. The van der Waals surface area contributed by atoms with Crippen molar-refractivity contribution in [3.63, 3.8) is 0 Å². The monoisotopic (exact) mass is 396 g/mol. The van der Waals surface area contributed by atoms with Crippen molar-refractivity contribution < 1.29 is 19.1 Å². The van der Waals surface area contributed by atoms with E-state index in [0.29, 0.717) is 19.3 Å². The first-order valence-electron chi connectivity index (χ1n) is 9.72. The molecule has 0 aliphatic carbocycles. The minimum Gasteiger partial charge on any atom is -0.467 e. The quantitative estimate of drug-likeness (QED) is 0.604. The van der Waals surface area contributed by atoms with Crippen LogP contribution >= 0.6 is 0 Å². The van der Waals surface area contributed by atoms with Gasteiger partial charge in [-0.3, -0.25) is 9.59 Å². The summed E-state index contributed by atoms with van der Waals surface area (Å²) in [6.45, 7) is 1.36. The molecule has 2 N–H and O–H groups in total. The molecule has 2 amide bonds. The van der Waals surface area contributed by atoms with Crippen LogP contribution in [0.25, 0.3) is 0 Å². The van der Waals surface area contributed by atoms with Gasteiger partial charge in [-0.25, -0.2) is 4.79 Å². The molecule has 0 aliphatic heterocycles. The van der Waals surface area contributed by atoms with Crippen LogP contribution in [-0.2, 0) is 32.0 Å². The van der Waals surface area contributed by atoms with E-state index in [0.717, 1.165) is 12.0 Å². The second-order valence-corrected chi connectivity index (χ2v) is 6.90. The number of aryl methyl sites for hydroxylation is 1. The maximum Gasteiger partial charge on any atom is 0.328 e. The molecule has 0 saturated carbocycles. The number of carbonyl (C=O) groups excluding carboxylic acids is 3. The lowest BCUT2D eigenvalue weighted by Gasteiger charge is -2.22. The van der Waals surface area contributed by atoms with Gasteiger partial charge in [-0.2, -0.15) is 0 Å². The first-order chi connectivity index (χ1) is 14.0. The minimum absolute atomic E-state index is 0.306. The average Bonchev–Trinajstić information content (AvgIpc) is 2.73. The molecule has 0 bridgehead atoms. The smallest absolute Gasteiger partial charge is 0.328 e. The Morgan fingerprint density at radius 3 is 2.00 bits per heavy atom. The summed E-state index contributed by atoms with van der Waals surface area (Å²) in [5, 5.41) is 5.42. The van der Waals surface area contributed by atoms with Crippen molar-refractivity contribution in [1.29, 1.82) is 0 Å². The van der Waals surface area contributed by atoms with Gasteiger partial charge in [-0.1, -0.05) is 60.7 Å². The van der Waals surface area contributed by atoms with Crippen LogP contribution < -0.4 is 10.6 Å². The summed E-state index contributed by atoms with van der Waals surface area (Å²) in [5.74, 6) is -1.20. The highest BCUT2D eigenvalue weighted by atomic mass is 16.5. The van der Waals surface area contributed by atoms with Crippen molar-refractivity contribution in [2.24, 2.45) is 0 Å². The van der Waals surface area contributed by atoms with Crippen molar-refractivity contribution in [3.05, 3.63) is 71.8 Å². The van der Waals surface area contributed by atoms with Gasteiger partial charge in [0.05, 0.1) is 7.11 Å². The maximum absolute atomic E-state index is 12.8. The summed E-state index contributed by atoms with van der Waals surface area (Å²) >= 11 is 0. The molecule has 0 fully saturated rings. The molecule has 2 aromatic carbocycles. The summed E-state index contributed by atoms with van der Waals surface area (Å²) in [5.41, 5.74) is 2.09. The van der Waals surface area contributed by atoms with Gasteiger partial charge in [0.25, 0.3) is 0 Å². The van der Waals surface area contributed by atoms with E-state index in [1.54, 1.807) is 0 Å². The fraction of sp³-hybridized carbons (Fsp3) is 0.348. The predicted molar refractivity (Wildman–Crippen MR) is 111 cm³/mol. The van der Waals surface area contributed by atoms with Crippen LogP contribution in [0.4, 0.5) is 0 Å². The number of benzene rings is 2. The number of ether oxygens (including phenoxy) is 1. The lowest BCUT2D eigenvalue weighted by atomic mass is 10.0. The van der Waals surface area contributed by atoms with E-state index < -0.39 is 24.0 Å². The second-order valence-electron chi connectivity index (χ2n) is 6.90. The zero-order valence-corrected chi connectivity index (χ0v) is 16.9. The van der Waals surface area contributed by atoms with Crippen LogP contribution in [-0.4, -0.2) is 37.0 Å². The lowest BCUT2D eigenvalue weighted by Crippen LogP contribution is -2.52. The van der Waals surface area contributed by atoms with Crippen molar-refractivity contribution in [1.82, 2.24) is 10.6 Å². The predicted octanol–water partition coefficient (Wildman–Crippen LogP) is 2.41. The fourth-order valence-corrected chi connectivity index (χ4v) is 3.12. The number of esters is 1. The second kappa shape index (κ2) is 11.6. The molecule has 2 rings (SSSR count). The highest BCUT2D eigenvalue weighted by molar-refractivity contribution is 5.90. The van der Waals surface area contributed by atoms with Crippen LogP contribution in [0.1, 0.15) is 30.9 Å². The largest absolute Gasteiger partial charge is 0.467 e. The molecule has 0 radical (unpaired) electrons. The molecule has 2 aromatic rings. The van der Waals surface area contributed by atoms with Crippen molar-refractivity contribution in [2.45, 2.75) is 44.7 Å². The lowest BCUT2D eigenvalue weighted by molar-refractivity contribution is -0.145. The molecule has 154 valence electrons. The summed E-state index contributed by atoms with van der Waals surface area (Å²) in [4.78, 5) is 36.6. The normalized spacial score (nSPS) is 12.5. The molecule has 0 spiro atoms. The first-order valence-corrected chi connectivity index (χ1v) is 9.72. The topological polar surface area (TPSA) is 84.5 Å². The standard InChI is InChI=1S/C23H28N2O4/c1-17(26)24-21(16-19-12-7-4-8-13-19)22(27)25-20(23(28)29-2)15-9-14-18-10-5-3-6-11-18/h3-8,10-13,20-21H,9,14-16H2,1-2H3,(H,24,26)(H,25,27)/t20-,21+/m0/s1. The molecule has 0 heterocycles. The summed E-state index contributed by atoms with van der Waals surface area (Å²) in [6, 6.07) is 17.8. The van der Waals surface area contributed by atoms with Gasteiger partial charge in [0.2, 0.25) is 11.8 Å². The van der Waals surface area contributed by atoms with Gasteiger partial charge in [-0.15, -0.1) is 0 Å². The van der Waals surface area contributed by atoms with Gasteiger partial charge < -0.3 is 15.4 Å². The van der Waals surface area contributed by atoms with Crippen LogP contribution in [0, 0.1) is 0 Å². The Labute approximate surface area is 171 Å². The highest BCUT2D eigenvalue weighted by Gasteiger charge is 2.26. The number of rotatable bonds is 10. The Morgan fingerprint density at radius 1 is 0.862 bits per heavy atom. The summed E-state index contributed by atoms with van der Waals surface area (Å²) in [6.07, 6.45) is 2.30. The minimum atomic E-state index is -0.767. The van der Waals surface area contributed by atoms with E-state index >= 15 is 0 Å². The molecule has 29 heavy (non-hydrogen) atoms. The van der Waals surface area contributed by atoms with Crippen LogP contribution in [0.2, 0.25) is 0 Å².